The van der Waals surface area contributed by atoms with Crippen molar-refractivity contribution < 1.29 is 15.0 Å². The van der Waals surface area contributed by atoms with Gasteiger partial charge in [0, 0.05) is 6.42 Å². The van der Waals surface area contributed by atoms with E-state index in [0.29, 0.717) is 12.8 Å². The van der Waals surface area contributed by atoms with E-state index in [4.69, 9.17) is 0 Å². The summed E-state index contributed by atoms with van der Waals surface area (Å²) in [6.45, 7) is 4.26. The van der Waals surface area contributed by atoms with E-state index < -0.39 is 12.1 Å². The molecule has 0 radical (unpaired) electrons. The van der Waals surface area contributed by atoms with Crippen LogP contribution in [0.5, 0.6) is 0 Å². The summed E-state index contributed by atoms with van der Waals surface area (Å²) in [4.78, 5) is 12.0. The number of unbranched alkanes of at least 4 members (excludes halogenated alkanes) is 14. The standard InChI is InChI=1S/C24H49NO3/c1-3-5-7-9-11-12-14-15-17-19-23(27)22(21-26)25-24(28)20-18-16-13-10-8-6-4-2/h22-23,26-27H,3-21H2,1-2H3,(H,25,28). The Morgan fingerprint density at radius 1 is 0.714 bits per heavy atom. The summed E-state index contributed by atoms with van der Waals surface area (Å²) in [6, 6.07) is -0.522. The second-order valence-corrected chi connectivity index (χ2v) is 8.41. The summed E-state index contributed by atoms with van der Waals surface area (Å²) in [5.41, 5.74) is 0. The Hall–Kier alpha value is -0.610. The average Bonchev–Trinajstić information content (AvgIpc) is 2.69. The molecule has 4 nitrogen and oxygen atoms in total. The van der Waals surface area contributed by atoms with Crippen molar-refractivity contribution in [1.82, 2.24) is 5.32 Å². The highest BCUT2D eigenvalue weighted by Gasteiger charge is 2.19. The molecule has 0 fully saturated rings. The van der Waals surface area contributed by atoms with E-state index in [1.54, 1.807) is 0 Å². The molecule has 2 atom stereocenters. The highest BCUT2D eigenvalue weighted by molar-refractivity contribution is 5.76. The lowest BCUT2D eigenvalue weighted by Crippen LogP contribution is -2.45. The van der Waals surface area contributed by atoms with Gasteiger partial charge < -0.3 is 15.5 Å². The van der Waals surface area contributed by atoms with Crippen molar-refractivity contribution in [2.45, 2.75) is 142 Å². The number of hydrogen-bond acceptors (Lipinski definition) is 3. The second kappa shape index (κ2) is 21.1. The fourth-order valence-electron chi connectivity index (χ4n) is 3.65. The molecule has 0 bridgehead atoms. The molecule has 0 spiro atoms. The number of amides is 1. The highest BCUT2D eigenvalue weighted by Crippen LogP contribution is 2.13. The van der Waals surface area contributed by atoms with E-state index in [1.807, 2.05) is 0 Å². The van der Waals surface area contributed by atoms with Crippen molar-refractivity contribution in [2.24, 2.45) is 0 Å². The van der Waals surface area contributed by atoms with E-state index in [9.17, 15) is 15.0 Å². The van der Waals surface area contributed by atoms with Gasteiger partial charge >= 0.3 is 0 Å². The molecule has 3 N–H and O–H groups in total. The molecule has 0 aromatic carbocycles. The summed E-state index contributed by atoms with van der Waals surface area (Å²) in [6.07, 6.45) is 20.0. The fourth-order valence-corrected chi connectivity index (χ4v) is 3.65. The number of aliphatic hydroxyl groups is 2. The Kier molecular flexibility index (Phi) is 20.6. The third kappa shape index (κ3) is 17.5. The lowest BCUT2D eigenvalue weighted by Gasteiger charge is -2.22. The zero-order valence-electron chi connectivity index (χ0n) is 18.9. The largest absolute Gasteiger partial charge is 0.394 e. The summed E-state index contributed by atoms with van der Waals surface area (Å²) >= 11 is 0. The van der Waals surface area contributed by atoms with E-state index in [1.165, 1.54) is 77.0 Å². The maximum absolute atomic E-state index is 12.0. The summed E-state index contributed by atoms with van der Waals surface area (Å²) < 4.78 is 0. The molecule has 2 unspecified atom stereocenters. The van der Waals surface area contributed by atoms with Crippen molar-refractivity contribution in [1.29, 1.82) is 0 Å². The molecular formula is C24H49NO3. The lowest BCUT2D eigenvalue weighted by atomic mass is 10.0. The maximum atomic E-state index is 12.0. The van der Waals surface area contributed by atoms with E-state index >= 15 is 0 Å². The van der Waals surface area contributed by atoms with Crippen LogP contribution < -0.4 is 5.32 Å². The third-order valence-corrected chi connectivity index (χ3v) is 5.62. The zero-order chi connectivity index (χ0) is 20.9. The van der Waals surface area contributed by atoms with Crippen LogP contribution in [0, 0.1) is 0 Å². The predicted octanol–water partition coefficient (Wildman–Crippen LogP) is 5.89. The Bertz CT molecular complexity index is 336. The third-order valence-electron chi connectivity index (χ3n) is 5.62. The number of nitrogens with one attached hydrogen (secondary N) is 1. The summed E-state index contributed by atoms with van der Waals surface area (Å²) in [5, 5.41) is 22.6. The molecule has 0 aromatic rings. The topological polar surface area (TPSA) is 69.6 Å². The summed E-state index contributed by atoms with van der Waals surface area (Å²) in [7, 11) is 0. The van der Waals surface area contributed by atoms with Gasteiger partial charge in [-0.3, -0.25) is 4.79 Å². The number of aliphatic hydroxyl groups excluding tert-OH is 2. The van der Waals surface area contributed by atoms with Gasteiger partial charge in [-0.25, -0.2) is 0 Å². The van der Waals surface area contributed by atoms with Gasteiger partial charge in [0.2, 0.25) is 5.91 Å². The van der Waals surface area contributed by atoms with Gasteiger partial charge in [0.1, 0.15) is 0 Å². The van der Waals surface area contributed by atoms with Crippen molar-refractivity contribution in [3.05, 3.63) is 0 Å². The number of carbonyl (C=O) groups excluding carboxylic acids is 1. The van der Waals surface area contributed by atoms with Crippen LogP contribution in [-0.4, -0.2) is 34.9 Å². The van der Waals surface area contributed by atoms with Crippen LogP contribution >= 0.6 is 0 Å². The van der Waals surface area contributed by atoms with E-state index in [2.05, 4.69) is 19.2 Å². The Morgan fingerprint density at radius 2 is 1.14 bits per heavy atom. The highest BCUT2D eigenvalue weighted by atomic mass is 16.3. The van der Waals surface area contributed by atoms with Gasteiger partial charge in [-0.05, 0) is 12.8 Å². The van der Waals surface area contributed by atoms with Crippen LogP contribution in [0.4, 0.5) is 0 Å². The van der Waals surface area contributed by atoms with Gasteiger partial charge in [-0.2, -0.15) is 0 Å². The van der Waals surface area contributed by atoms with E-state index in [0.717, 1.165) is 25.7 Å². The smallest absolute Gasteiger partial charge is 0.220 e. The minimum absolute atomic E-state index is 0.0428. The first-order valence-corrected chi connectivity index (χ1v) is 12.2. The second-order valence-electron chi connectivity index (χ2n) is 8.41. The maximum Gasteiger partial charge on any atom is 0.220 e. The molecule has 0 aliphatic carbocycles. The summed E-state index contributed by atoms with van der Waals surface area (Å²) in [5.74, 6) is -0.0428. The van der Waals surface area contributed by atoms with Crippen LogP contribution in [-0.2, 0) is 4.79 Å². The molecule has 0 aliphatic heterocycles. The van der Waals surface area contributed by atoms with Gasteiger partial charge in [0.25, 0.3) is 0 Å². The van der Waals surface area contributed by atoms with Gasteiger partial charge in [0.15, 0.2) is 0 Å². The molecule has 1 amide bonds. The van der Waals surface area contributed by atoms with Crippen molar-refractivity contribution in [3.8, 4) is 0 Å². The van der Waals surface area contributed by atoms with E-state index in [-0.39, 0.29) is 12.5 Å². The molecule has 4 heteroatoms. The molecule has 0 heterocycles. The molecule has 168 valence electrons. The van der Waals surface area contributed by atoms with Gasteiger partial charge in [0.05, 0.1) is 18.8 Å². The Balaban J connectivity index is 3.67. The first-order valence-electron chi connectivity index (χ1n) is 12.2. The lowest BCUT2D eigenvalue weighted by molar-refractivity contribution is -0.123. The van der Waals surface area contributed by atoms with Crippen LogP contribution in [0.3, 0.4) is 0 Å². The molecular weight excluding hydrogens is 350 g/mol. The normalized spacial score (nSPS) is 13.4. The van der Waals surface area contributed by atoms with Crippen molar-refractivity contribution in [2.75, 3.05) is 6.61 Å². The first kappa shape index (κ1) is 27.4. The molecule has 0 saturated carbocycles. The number of rotatable bonds is 21. The van der Waals surface area contributed by atoms with Crippen LogP contribution in [0.1, 0.15) is 129 Å². The minimum atomic E-state index is -0.646. The molecule has 0 rings (SSSR count). The SMILES string of the molecule is CCCCCCCCCCCC(O)C(CO)NC(=O)CCCCCCCCC. The van der Waals surface area contributed by atoms with Gasteiger partial charge in [-0.1, -0.05) is 110 Å². The fraction of sp³-hybridized carbons (Fsp3) is 0.958. The first-order chi connectivity index (χ1) is 13.7. The van der Waals surface area contributed by atoms with Crippen LogP contribution in [0.2, 0.25) is 0 Å². The monoisotopic (exact) mass is 399 g/mol. The molecule has 28 heavy (non-hydrogen) atoms. The van der Waals surface area contributed by atoms with Crippen LogP contribution in [0.15, 0.2) is 0 Å². The Labute approximate surface area is 174 Å². The number of hydrogen-bond donors (Lipinski definition) is 3. The number of carbonyl (C=O) groups is 1. The zero-order valence-corrected chi connectivity index (χ0v) is 18.9. The van der Waals surface area contributed by atoms with Crippen LogP contribution in [0.25, 0.3) is 0 Å². The predicted molar refractivity (Wildman–Crippen MR) is 119 cm³/mol. The van der Waals surface area contributed by atoms with Crippen molar-refractivity contribution >= 4 is 5.91 Å². The quantitative estimate of drug-likeness (QED) is 0.211. The van der Waals surface area contributed by atoms with Crippen molar-refractivity contribution in [3.63, 3.8) is 0 Å². The minimum Gasteiger partial charge on any atom is -0.394 e. The Morgan fingerprint density at radius 3 is 1.61 bits per heavy atom. The molecule has 0 aliphatic rings. The molecule has 0 saturated heterocycles. The average molecular weight is 400 g/mol. The van der Waals surface area contributed by atoms with Gasteiger partial charge in [-0.15, -0.1) is 0 Å². The molecule has 0 aromatic heterocycles.